The highest BCUT2D eigenvalue weighted by atomic mass is 16.5. The van der Waals surface area contributed by atoms with Gasteiger partial charge in [-0.2, -0.15) is 0 Å². The Morgan fingerprint density at radius 3 is 2.22 bits per heavy atom. The molecule has 0 bridgehead atoms. The number of methoxy groups -OCH3 is 1. The molecule has 0 saturated carbocycles. The van der Waals surface area contributed by atoms with Crippen molar-refractivity contribution in [3.05, 3.63) is 12.7 Å². The first-order chi connectivity index (χ1) is 4.22. The molecule has 0 aromatic rings. The Morgan fingerprint density at radius 2 is 2.11 bits per heavy atom. The molecular formula is C8H16O. The van der Waals surface area contributed by atoms with E-state index in [1.807, 2.05) is 6.08 Å². The third kappa shape index (κ3) is 3.31. The Hall–Kier alpha value is -0.300. The molecule has 1 atom stereocenters. The average molecular weight is 128 g/mol. The molecule has 54 valence electrons. The molecule has 0 spiro atoms. The predicted molar refractivity (Wildman–Crippen MR) is 40.4 cm³/mol. The second-order valence-corrected chi connectivity index (χ2v) is 2.54. The van der Waals surface area contributed by atoms with Gasteiger partial charge in [0, 0.05) is 7.11 Å². The monoisotopic (exact) mass is 128 g/mol. The topological polar surface area (TPSA) is 9.23 Å². The lowest BCUT2D eigenvalue weighted by Gasteiger charge is -2.16. The van der Waals surface area contributed by atoms with Gasteiger partial charge in [0.25, 0.3) is 0 Å². The maximum Gasteiger partial charge on any atom is 0.0628 e. The van der Waals surface area contributed by atoms with Gasteiger partial charge in [-0.1, -0.05) is 19.9 Å². The summed E-state index contributed by atoms with van der Waals surface area (Å²) in [7, 11) is 1.74. The molecule has 1 nitrogen and oxygen atoms in total. The molecule has 1 heteroatoms. The van der Waals surface area contributed by atoms with Gasteiger partial charge in [-0.25, -0.2) is 0 Å². The lowest BCUT2D eigenvalue weighted by atomic mass is 10.0. The fraction of sp³-hybridized carbons (Fsp3) is 0.750. The molecule has 0 fully saturated rings. The van der Waals surface area contributed by atoms with Gasteiger partial charge in [-0.3, -0.25) is 0 Å². The van der Waals surface area contributed by atoms with Crippen LogP contribution in [0.4, 0.5) is 0 Å². The van der Waals surface area contributed by atoms with Crippen molar-refractivity contribution in [3.63, 3.8) is 0 Å². The van der Waals surface area contributed by atoms with E-state index < -0.39 is 0 Å². The van der Waals surface area contributed by atoms with Crippen molar-refractivity contribution in [3.8, 4) is 0 Å². The van der Waals surface area contributed by atoms with Gasteiger partial charge in [0.15, 0.2) is 0 Å². The van der Waals surface area contributed by atoms with Crippen molar-refractivity contribution in [2.45, 2.75) is 26.4 Å². The molecule has 0 radical (unpaired) electrons. The van der Waals surface area contributed by atoms with Crippen molar-refractivity contribution in [1.82, 2.24) is 0 Å². The third-order valence-corrected chi connectivity index (χ3v) is 1.45. The highest BCUT2D eigenvalue weighted by molar-refractivity contribution is 4.74. The largest absolute Gasteiger partial charge is 0.381 e. The normalized spacial score (nSPS) is 13.8. The van der Waals surface area contributed by atoms with Gasteiger partial charge >= 0.3 is 0 Å². The number of ether oxygens (including phenoxy) is 1. The maximum atomic E-state index is 5.18. The van der Waals surface area contributed by atoms with Gasteiger partial charge in [-0.05, 0) is 12.3 Å². The van der Waals surface area contributed by atoms with Crippen LogP contribution in [0.2, 0.25) is 0 Å². The molecule has 0 unspecified atom stereocenters. The lowest BCUT2D eigenvalue weighted by Crippen LogP contribution is -2.16. The first-order valence-electron chi connectivity index (χ1n) is 3.36. The Kier molecular flexibility index (Phi) is 4.41. The average Bonchev–Trinajstić information content (AvgIpc) is 1.82. The first-order valence-corrected chi connectivity index (χ1v) is 3.36. The van der Waals surface area contributed by atoms with E-state index in [1.165, 1.54) is 0 Å². The van der Waals surface area contributed by atoms with Gasteiger partial charge < -0.3 is 4.74 Å². The third-order valence-electron chi connectivity index (χ3n) is 1.45. The highest BCUT2D eigenvalue weighted by Gasteiger charge is 2.08. The quantitative estimate of drug-likeness (QED) is 0.527. The molecule has 0 aliphatic heterocycles. The van der Waals surface area contributed by atoms with E-state index in [0.29, 0.717) is 12.0 Å². The van der Waals surface area contributed by atoms with Crippen LogP contribution in [0, 0.1) is 5.92 Å². The second kappa shape index (κ2) is 4.57. The molecule has 0 aromatic heterocycles. The Labute approximate surface area is 57.7 Å². The molecule has 0 N–H and O–H groups in total. The van der Waals surface area contributed by atoms with Gasteiger partial charge in [0.2, 0.25) is 0 Å². The van der Waals surface area contributed by atoms with Crippen LogP contribution in [-0.4, -0.2) is 13.2 Å². The van der Waals surface area contributed by atoms with Gasteiger partial charge in [0.1, 0.15) is 0 Å². The summed E-state index contributed by atoms with van der Waals surface area (Å²) in [4.78, 5) is 0. The fourth-order valence-corrected chi connectivity index (χ4v) is 0.805. The minimum absolute atomic E-state index is 0.350. The number of hydrogen-bond acceptors (Lipinski definition) is 1. The summed E-state index contributed by atoms with van der Waals surface area (Å²) in [6.07, 6.45) is 3.20. The summed E-state index contributed by atoms with van der Waals surface area (Å²) in [6, 6.07) is 0. The van der Waals surface area contributed by atoms with E-state index in [0.717, 1.165) is 6.42 Å². The van der Waals surface area contributed by atoms with Crippen LogP contribution in [0.1, 0.15) is 20.3 Å². The van der Waals surface area contributed by atoms with E-state index in [1.54, 1.807) is 7.11 Å². The van der Waals surface area contributed by atoms with Crippen LogP contribution in [0.15, 0.2) is 12.7 Å². The summed E-state index contributed by atoms with van der Waals surface area (Å²) in [5, 5.41) is 0. The number of rotatable bonds is 4. The molecule has 0 aromatic carbocycles. The summed E-state index contributed by atoms with van der Waals surface area (Å²) < 4.78 is 5.18. The second-order valence-electron chi connectivity index (χ2n) is 2.54. The first kappa shape index (κ1) is 8.70. The molecule has 0 aliphatic rings. The van der Waals surface area contributed by atoms with E-state index in [4.69, 9.17) is 4.74 Å². The van der Waals surface area contributed by atoms with Crippen molar-refractivity contribution >= 4 is 0 Å². The standard InChI is InChI=1S/C8H16O/c1-5-6-8(9-4)7(2)3/h5,7-8H,1,6H2,2-4H3/t8-/m0/s1. The smallest absolute Gasteiger partial charge is 0.0628 e. The predicted octanol–water partition coefficient (Wildman–Crippen LogP) is 2.23. The zero-order chi connectivity index (χ0) is 7.28. The van der Waals surface area contributed by atoms with Crippen LogP contribution in [0.25, 0.3) is 0 Å². The molecule has 0 rings (SSSR count). The van der Waals surface area contributed by atoms with E-state index in [-0.39, 0.29) is 0 Å². The Bertz CT molecular complexity index is 76.6. The van der Waals surface area contributed by atoms with Crippen LogP contribution in [0.5, 0.6) is 0 Å². The van der Waals surface area contributed by atoms with Crippen molar-refractivity contribution < 1.29 is 4.74 Å². The van der Waals surface area contributed by atoms with Crippen molar-refractivity contribution in [2.75, 3.05) is 7.11 Å². The van der Waals surface area contributed by atoms with Crippen LogP contribution < -0.4 is 0 Å². The zero-order valence-corrected chi connectivity index (χ0v) is 6.55. The highest BCUT2D eigenvalue weighted by Crippen LogP contribution is 2.09. The van der Waals surface area contributed by atoms with Crippen LogP contribution in [0.3, 0.4) is 0 Å². The van der Waals surface area contributed by atoms with Crippen LogP contribution >= 0.6 is 0 Å². The summed E-state index contributed by atoms with van der Waals surface area (Å²) in [6.45, 7) is 7.95. The van der Waals surface area contributed by atoms with E-state index >= 15 is 0 Å². The van der Waals surface area contributed by atoms with E-state index in [9.17, 15) is 0 Å². The van der Waals surface area contributed by atoms with E-state index in [2.05, 4.69) is 20.4 Å². The minimum atomic E-state index is 0.350. The molecule has 0 aliphatic carbocycles. The maximum absolute atomic E-state index is 5.18. The molecule has 9 heavy (non-hydrogen) atoms. The molecule has 0 saturated heterocycles. The Morgan fingerprint density at radius 1 is 1.56 bits per heavy atom. The Balaban J connectivity index is 3.53. The number of hydrogen-bond donors (Lipinski definition) is 0. The minimum Gasteiger partial charge on any atom is -0.381 e. The van der Waals surface area contributed by atoms with Crippen molar-refractivity contribution in [2.24, 2.45) is 5.92 Å². The zero-order valence-electron chi connectivity index (χ0n) is 6.55. The molecular weight excluding hydrogens is 112 g/mol. The van der Waals surface area contributed by atoms with Crippen LogP contribution in [-0.2, 0) is 4.74 Å². The fourth-order valence-electron chi connectivity index (χ4n) is 0.805. The van der Waals surface area contributed by atoms with Crippen molar-refractivity contribution in [1.29, 1.82) is 0 Å². The molecule has 0 amide bonds. The van der Waals surface area contributed by atoms with Gasteiger partial charge in [-0.15, -0.1) is 6.58 Å². The lowest BCUT2D eigenvalue weighted by molar-refractivity contribution is 0.0676. The summed E-state index contributed by atoms with van der Waals surface area (Å²) >= 11 is 0. The molecule has 0 heterocycles. The van der Waals surface area contributed by atoms with Gasteiger partial charge in [0.05, 0.1) is 6.10 Å². The SMILES string of the molecule is C=CC[C@H](OC)C(C)C. The summed E-state index contributed by atoms with van der Waals surface area (Å²) in [5.74, 6) is 0.591. The summed E-state index contributed by atoms with van der Waals surface area (Å²) in [5.41, 5.74) is 0.